The molecule has 0 aliphatic carbocycles. The Labute approximate surface area is 199 Å². The van der Waals surface area contributed by atoms with E-state index in [9.17, 15) is 14.0 Å². The summed E-state index contributed by atoms with van der Waals surface area (Å²) in [6.45, 7) is 4.52. The number of carbonyl (C=O) groups is 2. The zero-order valence-electron chi connectivity index (χ0n) is 19.5. The number of aromatic nitrogens is 1. The van der Waals surface area contributed by atoms with Gasteiger partial charge < -0.3 is 14.4 Å². The Bertz CT molecular complexity index is 1070. The van der Waals surface area contributed by atoms with Crippen LogP contribution in [0.25, 0.3) is 0 Å². The smallest absolute Gasteiger partial charge is 0.325 e. The third-order valence-corrected chi connectivity index (χ3v) is 5.22. The molecule has 1 aromatic heterocycles. The van der Waals surface area contributed by atoms with Crippen LogP contribution in [0.5, 0.6) is 5.75 Å². The summed E-state index contributed by atoms with van der Waals surface area (Å²) in [5, 5.41) is 0. The van der Waals surface area contributed by atoms with Crippen molar-refractivity contribution in [3.05, 3.63) is 95.1 Å². The van der Waals surface area contributed by atoms with Crippen LogP contribution in [0, 0.1) is 5.82 Å². The van der Waals surface area contributed by atoms with Crippen LogP contribution < -0.4 is 4.74 Å². The van der Waals surface area contributed by atoms with E-state index in [-0.39, 0.29) is 25.6 Å². The Balaban J connectivity index is 1.60. The lowest BCUT2D eigenvalue weighted by molar-refractivity contribution is -0.143. The van der Waals surface area contributed by atoms with Crippen molar-refractivity contribution in [2.45, 2.75) is 33.2 Å². The molecule has 7 heteroatoms. The van der Waals surface area contributed by atoms with Gasteiger partial charge in [-0.15, -0.1) is 0 Å². The molecule has 0 saturated heterocycles. The van der Waals surface area contributed by atoms with Gasteiger partial charge in [-0.3, -0.25) is 14.6 Å². The fourth-order valence-electron chi connectivity index (χ4n) is 3.33. The van der Waals surface area contributed by atoms with Crippen molar-refractivity contribution < 1.29 is 23.5 Å². The van der Waals surface area contributed by atoms with Gasteiger partial charge in [-0.1, -0.05) is 25.1 Å². The van der Waals surface area contributed by atoms with Crippen LogP contribution in [0.15, 0.2) is 66.9 Å². The molecule has 0 N–H and O–H groups in total. The molecule has 0 aliphatic rings. The number of rotatable bonds is 11. The van der Waals surface area contributed by atoms with Crippen molar-refractivity contribution in [2.75, 3.05) is 19.8 Å². The molecule has 1 heterocycles. The Hall–Kier alpha value is -3.74. The zero-order valence-corrected chi connectivity index (χ0v) is 19.5. The number of hydrogen-bond acceptors (Lipinski definition) is 5. The average molecular weight is 465 g/mol. The number of hydrogen-bond donors (Lipinski definition) is 0. The Morgan fingerprint density at radius 2 is 1.65 bits per heavy atom. The maximum Gasteiger partial charge on any atom is 0.325 e. The van der Waals surface area contributed by atoms with Gasteiger partial charge in [0, 0.05) is 30.4 Å². The SMILES string of the molecule is CCOC(=O)CN(Cc1ccc(OCCc2ccc(CC)cn2)cc1)C(=O)c1ccc(F)cc1. The highest BCUT2D eigenvalue weighted by atomic mass is 19.1. The Morgan fingerprint density at radius 3 is 2.26 bits per heavy atom. The molecule has 0 atom stereocenters. The molecule has 2 aromatic carbocycles. The Kier molecular flexibility index (Phi) is 9.14. The van der Waals surface area contributed by atoms with Gasteiger partial charge >= 0.3 is 5.97 Å². The lowest BCUT2D eigenvalue weighted by Crippen LogP contribution is -2.36. The van der Waals surface area contributed by atoms with Crippen LogP contribution in [0.4, 0.5) is 4.39 Å². The number of ether oxygens (including phenoxy) is 2. The number of benzene rings is 2. The fraction of sp³-hybridized carbons (Fsp3) is 0.296. The van der Waals surface area contributed by atoms with Crippen LogP contribution in [-0.4, -0.2) is 41.5 Å². The van der Waals surface area contributed by atoms with E-state index in [0.717, 1.165) is 17.7 Å². The summed E-state index contributed by atoms with van der Waals surface area (Å²) in [5.74, 6) is -0.609. The molecule has 178 valence electrons. The predicted octanol–water partition coefficient (Wildman–Crippen LogP) is 4.61. The Morgan fingerprint density at radius 1 is 0.941 bits per heavy atom. The van der Waals surface area contributed by atoms with E-state index < -0.39 is 11.8 Å². The van der Waals surface area contributed by atoms with Crippen molar-refractivity contribution in [3.63, 3.8) is 0 Å². The third kappa shape index (κ3) is 7.40. The van der Waals surface area contributed by atoms with E-state index in [4.69, 9.17) is 9.47 Å². The molecule has 0 bridgehead atoms. The van der Waals surface area contributed by atoms with Crippen LogP contribution in [0.2, 0.25) is 0 Å². The molecule has 3 rings (SSSR count). The first-order chi connectivity index (χ1) is 16.5. The van der Waals surface area contributed by atoms with Crippen LogP contribution in [0.1, 0.15) is 41.0 Å². The van der Waals surface area contributed by atoms with Gasteiger partial charge in [0.1, 0.15) is 18.1 Å². The summed E-state index contributed by atoms with van der Waals surface area (Å²) >= 11 is 0. The largest absolute Gasteiger partial charge is 0.493 e. The second kappa shape index (κ2) is 12.5. The minimum atomic E-state index is -0.501. The summed E-state index contributed by atoms with van der Waals surface area (Å²) in [6, 6.07) is 16.7. The summed E-state index contributed by atoms with van der Waals surface area (Å²) < 4.78 is 24.1. The van der Waals surface area contributed by atoms with Gasteiger partial charge in [-0.2, -0.15) is 0 Å². The number of pyridine rings is 1. The number of amides is 1. The van der Waals surface area contributed by atoms with Crippen molar-refractivity contribution in [1.29, 1.82) is 0 Å². The molecule has 0 saturated carbocycles. The number of carbonyl (C=O) groups excluding carboxylic acids is 2. The van der Waals surface area contributed by atoms with Crippen molar-refractivity contribution in [1.82, 2.24) is 9.88 Å². The highest BCUT2D eigenvalue weighted by molar-refractivity contribution is 5.95. The first kappa shape index (κ1) is 24.9. The van der Waals surface area contributed by atoms with Gasteiger partial charge in [0.25, 0.3) is 5.91 Å². The minimum Gasteiger partial charge on any atom is -0.493 e. The van der Waals surface area contributed by atoms with E-state index in [2.05, 4.69) is 18.0 Å². The summed E-state index contributed by atoms with van der Waals surface area (Å²) in [7, 11) is 0. The number of nitrogens with zero attached hydrogens (tertiary/aromatic N) is 2. The zero-order chi connectivity index (χ0) is 24.3. The number of esters is 1. The maximum atomic E-state index is 13.2. The molecule has 1 amide bonds. The van der Waals surface area contributed by atoms with Crippen LogP contribution in [-0.2, 0) is 28.9 Å². The van der Waals surface area contributed by atoms with E-state index in [1.807, 2.05) is 36.5 Å². The summed E-state index contributed by atoms with van der Waals surface area (Å²) in [4.78, 5) is 30.8. The first-order valence-electron chi connectivity index (χ1n) is 11.3. The van der Waals surface area contributed by atoms with E-state index in [1.54, 1.807) is 6.92 Å². The normalized spacial score (nSPS) is 10.6. The molecule has 0 spiro atoms. The topological polar surface area (TPSA) is 68.7 Å². The molecule has 3 aromatic rings. The molecular formula is C27H29FN2O4. The molecule has 0 fully saturated rings. The quantitative estimate of drug-likeness (QED) is 0.388. The van der Waals surface area contributed by atoms with Gasteiger partial charge in [0.2, 0.25) is 0 Å². The first-order valence-corrected chi connectivity index (χ1v) is 11.3. The van der Waals surface area contributed by atoms with Crippen LogP contribution >= 0.6 is 0 Å². The van der Waals surface area contributed by atoms with Gasteiger partial charge in [0.15, 0.2) is 0 Å². The predicted molar refractivity (Wildman–Crippen MR) is 127 cm³/mol. The summed E-state index contributed by atoms with van der Waals surface area (Å²) in [6.07, 6.45) is 3.55. The maximum absolute atomic E-state index is 13.2. The fourth-order valence-corrected chi connectivity index (χ4v) is 3.33. The van der Waals surface area contributed by atoms with Gasteiger partial charge in [0.05, 0.1) is 13.2 Å². The minimum absolute atomic E-state index is 0.197. The highest BCUT2D eigenvalue weighted by Crippen LogP contribution is 2.16. The van der Waals surface area contributed by atoms with Crippen molar-refractivity contribution >= 4 is 11.9 Å². The van der Waals surface area contributed by atoms with Crippen LogP contribution in [0.3, 0.4) is 0 Å². The molecular weight excluding hydrogens is 435 g/mol. The van der Waals surface area contributed by atoms with Gasteiger partial charge in [-0.25, -0.2) is 4.39 Å². The second-order valence-electron chi connectivity index (χ2n) is 7.73. The monoisotopic (exact) mass is 464 g/mol. The molecule has 0 radical (unpaired) electrons. The van der Waals surface area contributed by atoms with E-state index in [1.165, 1.54) is 34.7 Å². The van der Waals surface area contributed by atoms with Crippen molar-refractivity contribution in [3.8, 4) is 5.75 Å². The lowest BCUT2D eigenvalue weighted by atomic mass is 10.1. The average Bonchev–Trinajstić information content (AvgIpc) is 2.85. The van der Waals surface area contributed by atoms with E-state index >= 15 is 0 Å². The van der Waals surface area contributed by atoms with E-state index in [0.29, 0.717) is 24.3 Å². The molecule has 0 aliphatic heterocycles. The second-order valence-corrected chi connectivity index (χ2v) is 7.73. The van der Waals surface area contributed by atoms with Gasteiger partial charge in [-0.05, 0) is 66.9 Å². The van der Waals surface area contributed by atoms with Crippen molar-refractivity contribution in [2.24, 2.45) is 0 Å². The molecule has 34 heavy (non-hydrogen) atoms. The lowest BCUT2D eigenvalue weighted by Gasteiger charge is -2.22. The molecule has 0 unspecified atom stereocenters. The highest BCUT2D eigenvalue weighted by Gasteiger charge is 2.20. The summed E-state index contributed by atoms with van der Waals surface area (Å²) in [5.41, 5.74) is 3.30. The molecule has 6 nitrogen and oxygen atoms in total. The standard InChI is InChI=1S/C27H29FN2O4/c1-3-20-5-12-24(29-17-20)15-16-34-25-13-6-21(7-14-25)18-30(19-26(31)33-4-2)27(32)22-8-10-23(28)11-9-22/h5-14,17H,3-4,15-16,18-19H2,1-2H3. The third-order valence-electron chi connectivity index (χ3n) is 5.22. The number of aryl methyl sites for hydroxylation is 1. The number of halogens is 1.